The molecule has 0 saturated carbocycles. The largest absolute Gasteiger partial charge is 0.361 e. The summed E-state index contributed by atoms with van der Waals surface area (Å²) in [4.78, 5) is 16.5. The average Bonchev–Trinajstić information content (AvgIpc) is 3.24. The molecule has 0 aliphatic carbocycles. The van der Waals surface area contributed by atoms with Gasteiger partial charge in [-0.15, -0.1) is 0 Å². The number of nitrogens with zero attached hydrogens (tertiary/aromatic N) is 3. The van der Waals surface area contributed by atoms with Crippen LogP contribution in [0.5, 0.6) is 0 Å². The molecule has 1 aromatic carbocycles. The van der Waals surface area contributed by atoms with Crippen molar-refractivity contribution in [1.29, 1.82) is 0 Å². The van der Waals surface area contributed by atoms with Crippen LogP contribution in [0.2, 0.25) is 0 Å². The van der Waals surface area contributed by atoms with Crippen LogP contribution in [0.3, 0.4) is 0 Å². The van der Waals surface area contributed by atoms with E-state index in [1.807, 2.05) is 13.8 Å². The smallest absolute Gasteiger partial charge is 0.317 e. The van der Waals surface area contributed by atoms with E-state index in [9.17, 15) is 4.79 Å². The van der Waals surface area contributed by atoms with E-state index in [4.69, 9.17) is 4.52 Å². The standard InChI is InChI=1S/C21H30N4O2/c1-15-7-5-6-8-19(15)18-9-11-25(13-18)12-10-22-21(26)24(4)14-20-16(2)23-27-17(20)3/h5-8,18H,9-14H2,1-4H3,(H,22,26)/t18-/m0/s1. The fourth-order valence-corrected chi connectivity index (χ4v) is 3.83. The summed E-state index contributed by atoms with van der Waals surface area (Å²) in [6, 6.07) is 8.59. The van der Waals surface area contributed by atoms with Crippen LogP contribution in [-0.2, 0) is 6.54 Å². The van der Waals surface area contributed by atoms with Gasteiger partial charge in [0.2, 0.25) is 0 Å². The predicted molar refractivity (Wildman–Crippen MR) is 106 cm³/mol. The first kappa shape index (κ1) is 19.4. The SMILES string of the molecule is Cc1ccccc1[C@H]1CCN(CCNC(=O)N(C)Cc2c(C)noc2C)C1. The van der Waals surface area contributed by atoms with Crippen molar-refractivity contribution in [2.24, 2.45) is 0 Å². The molecule has 2 heterocycles. The Morgan fingerprint density at radius 2 is 2.11 bits per heavy atom. The van der Waals surface area contributed by atoms with E-state index in [1.54, 1.807) is 11.9 Å². The highest BCUT2D eigenvalue weighted by Gasteiger charge is 2.24. The lowest BCUT2D eigenvalue weighted by molar-refractivity contribution is 0.204. The van der Waals surface area contributed by atoms with Crippen molar-refractivity contribution in [3.05, 3.63) is 52.4 Å². The zero-order valence-electron chi connectivity index (χ0n) is 16.8. The number of aryl methyl sites for hydroxylation is 3. The van der Waals surface area contributed by atoms with Gasteiger partial charge in [0, 0.05) is 32.2 Å². The Bertz CT molecular complexity index is 767. The lowest BCUT2D eigenvalue weighted by Gasteiger charge is -2.20. The van der Waals surface area contributed by atoms with Crippen LogP contribution in [0.1, 0.15) is 40.5 Å². The maximum Gasteiger partial charge on any atom is 0.317 e. The summed E-state index contributed by atoms with van der Waals surface area (Å²) in [6.45, 7) is 10.2. The quantitative estimate of drug-likeness (QED) is 0.848. The Labute approximate surface area is 161 Å². The number of nitrogens with one attached hydrogen (secondary N) is 1. The number of carbonyl (C=O) groups excluding carboxylic acids is 1. The van der Waals surface area contributed by atoms with E-state index in [0.717, 1.165) is 36.7 Å². The van der Waals surface area contributed by atoms with Crippen molar-refractivity contribution in [3.8, 4) is 0 Å². The molecule has 0 radical (unpaired) electrons. The van der Waals surface area contributed by atoms with Gasteiger partial charge < -0.3 is 19.6 Å². The highest BCUT2D eigenvalue weighted by molar-refractivity contribution is 5.73. The number of benzene rings is 1. The molecule has 146 valence electrons. The maximum atomic E-state index is 12.3. The molecule has 1 aromatic heterocycles. The minimum atomic E-state index is -0.0651. The summed E-state index contributed by atoms with van der Waals surface area (Å²) in [7, 11) is 1.80. The van der Waals surface area contributed by atoms with Crippen LogP contribution < -0.4 is 5.32 Å². The summed E-state index contributed by atoms with van der Waals surface area (Å²) in [5.74, 6) is 1.37. The second kappa shape index (κ2) is 8.57. The first-order valence-corrected chi connectivity index (χ1v) is 9.64. The number of rotatable bonds is 6. The molecule has 0 unspecified atom stereocenters. The van der Waals surface area contributed by atoms with E-state index in [2.05, 4.69) is 46.6 Å². The van der Waals surface area contributed by atoms with Gasteiger partial charge in [0.15, 0.2) is 0 Å². The molecule has 1 aliphatic heterocycles. The highest BCUT2D eigenvalue weighted by atomic mass is 16.5. The third kappa shape index (κ3) is 4.69. The molecule has 27 heavy (non-hydrogen) atoms. The van der Waals surface area contributed by atoms with Gasteiger partial charge in [0.25, 0.3) is 0 Å². The lowest BCUT2D eigenvalue weighted by Crippen LogP contribution is -2.40. The third-order valence-corrected chi connectivity index (χ3v) is 5.53. The molecule has 1 saturated heterocycles. The molecule has 0 bridgehead atoms. The number of likely N-dealkylation sites (tertiary alicyclic amines) is 1. The molecule has 6 heteroatoms. The van der Waals surface area contributed by atoms with Gasteiger partial charge in [0.1, 0.15) is 5.76 Å². The topological polar surface area (TPSA) is 61.6 Å². The maximum absolute atomic E-state index is 12.3. The van der Waals surface area contributed by atoms with E-state index in [1.165, 1.54) is 17.5 Å². The minimum absolute atomic E-state index is 0.0651. The fourth-order valence-electron chi connectivity index (χ4n) is 3.83. The molecule has 2 aromatic rings. The Hall–Kier alpha value is -2.34. The molecule has 1 atom stereocenters. The summed E-state index contributed by atoms with van der Waals surface area (Å²) in [5.41, 5.74) is 4.65. The molecule has 6 nitrogen and oxygen atoms in total. The number of hydrogen-bond donors (Lipinski definition) is 1. The van der Waals surface area contributed by atoms with Crippen molar-refractivity contribution in [2.75, 3.05) is 33.2 Å². The Morgan fingerprint density at radius 1 is 1.33 bits per heavy atom. The Balaban J connectivity index is 1.42. The zero-order chi connectivity index (χ0) is 19.4. The van der Waals surface area contributed by atoms with Crippen molar-refractivity contribution in [3.63, 3.8) is 0 Å². The van der Waals surface area contributed by atoms with Gasteiger partial charge in [-0.2, -0.15) is 0 Å². The van der Waals surface area contributed by atoms with Crippen LogP contribution >= 0.6 is 0 Å². The lowest BCUT2D eigenvalue weighted by atomic mass is 9.94. The number of amides is 2. The molecule has 1 aliphatic rings. The summed E-state index contributed by atoms with van der Waals surface area (Å²) < 4.78 is 5.16. The van der Waals surface area contributed by atoms with Crippen LogP contribution in [0.15, 0.2) is 28.8 Å². The predicted octanol–water partition coefficient (Wildman–Crippen LogP) is 3.23. The Kier molecular flexibility index (Phi) is 6.16. The molecular formula is C21H30N4O2. The number of urea groups is 1. The van der Waals surface area contributed by atoms with E-state index in [-0.39, 0.29) is 6.03 Å². The third-order valence-electron chi connectivity index (χ3n) is 5.53. The monoisotopic (exact) mass is 370 g/mol. The fraction of sp³-hybridized carbons (Fsp3) is 0.524. The van der Waals surface area contributed by atoms with Gasteiger partial charge in [-0.1, -0.05) is 29.4 Å². The van der Waals surface area contributed by atoms with Gasteiger partial charge in [0.05, 0.1) is 12.2 Å². The first-order valence-electron chi connectivity index (χ1n) is 9.64. The van der Waals surface area contributed by atoms with Crippen molar-refractivity contribution in [1.82, 2.24) is 20.3 Å². The van der Waals surface area contributed by atoms with Gasteiger partial charge in [-0.25, -0.2) is 4.79 Å². The second-order valence-electron chi connectivity index (χ2n) is 7.53. The van der Waals surface area contributed by atoms with Crippen LogP contribution in [0, 0.1) is 20.8 Å². The normalized spacial score (nSPS) is 17.3. The minimum Gasteiger partial charge on any atom is -0.361 e. The van der Waals surface area contributed by atoms with E-state index < -0.39 is 0 Å². The molecule has 1 N–H and O–H groups in total. The van der Waals surface area contributed by atoms with Crippen LogP contribution in [0.25, 0.3) is 0 Å². The van der Waals surface area contributed by atoms with Gasteiger partial charge in [-0.05, 0) is 50.8 Å². The number of hydrogen-bond acceptors (Lipinski definition) is 4. The first-order chi connectivity index (χ1) is 13.0. The molecule has 3 rings (SSSR count). The van der Waals surface area contributed by atoms with Crippen molar-refractivity contribution >= 4 is 6.03 Å². The van der Waals surface area contributed by atoms with E-state index >= 15 is 0 Å². The van der Waals surface area contributed by atoms with Crippen LogP contribution in [0.4, 0.5) is 4.79 Å². The highest BCUT2D eigenvalue weighted by Crippen LogP contribution is 2.28. The van der Waals surface area contributed by atoms with Crippen LogP contribution in [-0.4, -0.2) is 54.2 Å². The summed E-state index contributed by atoms with van der Waals surface area (Å²) in [5, 5.41) is 6.96. The number of aromatic nitrogens is 1. The summed E-state index contributed by atoms with van der Waals surface area (Å²) in [6.07, 6.45) is 1.19. The molecule has 1 fully saturated rings. The number of carbonyl (C=O) groups is 1. The summed E-state index contributed by atoms with van der Waals surface area (Å²) >= 11 is 0. The van der Waals surface area contributed by atoms with Gasteiger partial charge in [-0.3, -0.25) is 0 Å². The van der Waals surface area contributed by atoms with Crippen molar-refractivity contribution in [2.45, 2.75) is 39.7 Å². The average molecular weight is 370 g/mol. The molecule has 0 spiro atoms. The molecule has 2 amide bonds. The van der Waals surface area contributed by atoms with Crippen molar-refractivity contribution < 1.29 is 9.32 Å². The van der Waals surface area contributed by atoms with E-state index in [0.29, 0.717) is 19.0 Å². The van der Waals surface area contributed by atoms with Gasteiger partial charge >= 0.3 is 6.03 Å². The Morgan fingerprint density at radius 3 is 2.81 bits per heavy atom. The zero-order valence-corrected chi connectivity index (χ0v) is 16.8. The second-order valence-corrected chi connectivity index (χ2v) is 7.53. The molecular weight excluding hydrogens is 340 g/mol.